The summed E-state index contributed by atoms with van der Waals surface area (Å²) in [5.41, 5.74) is 0.960. The van der Waals surface area contributed by atoms with Crippen molar-refractivity contribution in [1.82, 2.24) is 9.88 Å². The third kappa shape index (κ3) is 3.56. The summed E-state index contributed by atoms with van der Waals surface area (Å²) in [4.78, 5) is 44.3. The van der Waals surface area contributed by atoms with Crippen molar-refractivity contribution in [2.45, 2.75) is 12.0 Å². The molecule has 1 amide bonds. The minimum Gasteiger partial charge on any atom is -0.506 e. The molecule has 4 rings (SSSR count). The minimum absolute atomic E-state index is 0.0130. The van der Waals surface area contributed by atoms with Crippen LogP contribution in [0.4, 0.5) is 0 Å². The number of aliphatic hydroxyl groups excluding tert-OH is 2. The number of benzene rings is 2. The number of pyridine rings is 1. The van der Waals surface area contributed by atoms with Crippen molar-refractivity contribution in [3.63, 3.8) is 0 Å². The zero-order valence-corrected chi connectivity index (χ0v) is 16.6. The van der Waals surface area contributed by atoms with Crippen molar-refractivity contribution in [2.24, 2.45) is 0 Å². The van der Waals surface area contributed by atoms with E-state index in [1.807, 2.05) is 0 Å². The first-order valence-corrected chi connectivity index (χ1v) is 9.67. The zero-order valence-electron chi connectivity index (χ0n) is 16.6. The number of nitrogens with zero attached hydrogens (tertiary/aromatic N) is 2. The molecule has 8 nitrogen and oxygen atoms in total. The molecule has 1 aromatic heterocycles. The van der Waals surface area contributed by atoms with E-state index in [1.165, 1.54) is 36.2 Å². The number of hydrogen-bond acceptors (Lipinski definition) is 7. The Hall–Kier alpha value is -3.62. The van der Waals surface area contributed by atoms with Gasteiger partial charge in [0.15, 0.2) is 11.6 Å². The van der Waals surface area contributed by atoms with Crippen LogP contribution in [0, 0.1) is 0 Å². The van der Waals surface area contributed by atoms with Crippen LogP contribution in [0.1, 0.15) is 42.7 Å². The van der Waals surface area contributed by atoms with Crippen molar-refractivity contribution in [2.75, 3.05) is 20.2 Å². The second kappa shape index (κ2) is 7.90. The van der Waals surface area contributed by atoms with Crippen LogP contribution in [0.2, 0.25) is 0 Å². The van der Waals surface area contributed by atoms with Gasteiger partial charge in [-0.2, -0.15) is 0 Å². The Kier molecular flexibility index (Phi) is 5.26. The van der Waals surface area contributed by atoms with Gasteiger partial charge in [-0.1, -0.05) is 18.2 Å². The maximum Gasteiger partial charge on any atom is 0.253 e. The number of rotatable bonds is 5. The van der Waals surface area contributed by atoms with Gasteiger partial charge in [0, 0.05) is 35.7 Å². The van der Waals surface area contributed by atoms with Crippen molar-refractivity contribution in [1.29, 1.82) is 0 Å². The van der Waals surface area contributed by atoms with E-state index < -0.39 is 36.1 Å². The number of likely N-dealkylation sites (N-methyl/N-ethyl adjacent to an activating group) is 1. The highest BCUT2D eigenvalue weighted by atomic mass is 16.3. The average molecular weight is 420 g/mol. The Morgan fingerprint density at radius 2 is 1.81 bits per heavy atom. The summed E-state index contributed by atoms with van der Waals surface area (Å²) in [6, 6.07) is 12.7. The van der Waals surface area contributed by atoms with E-state index in [4.69, 9.17) is 5.11 Å². The van der Waals surface area contributed by atoms with Crippen molar-refractivity contribution in [3.8, 4) is 5.75 Å². The molecular formula is C23H20N2O6. The van der Waals surface area contributed by atoms with E-state index in [2.05, 4.69) is 4.98 Å². The molecule has 2 aromatic carbocycles. The molecule has 0 bridgehead atoms. The molecule has 31 heavy (non-hydrogen) atoms. The zero-order chi connectivity index (χ0) is 22.3. The van der Waals surface area contributed by atoms with E-state index in [0.29, 0.717) is 10.9 Å². The molecule has 1 aliphatic carbocycles. The summed E-state index contributed by atoms with van der Waals surface area (Å²) in [6.07, 6.45) is -1.09. The van der Waals surface area contributed by atoms with Crippen LogP contribution in [-0.2, 0) is 0 Å². The standard InChI is InChI=1S/C23H20N2O6/c1-25(10-14(27)11-26)23(31)13-6-7-15-16(8-13)22(30)19(21(15)29)20-18(28)9-12-4-2-3-5-17(12)24-20/h2-9,14,19,26-28H,10-11H2,1H3. The molecule has 2 unspecified atom stereocenters. The molecule has 3 aromatic rings. The SMILES string of the molecule is CN(CC(O)CO)C(=O)c1ccc2c(c1)C(=O)C(c1nc3ccccc3cc1O)C2=O. The Labute approximate surface area is 177 Å². The number of aliphatic hydroxyl groups is 2. The molecule has 0 saturated carbocycles. The van der Waals surface area contributed by atoms with Gasteiger partial charge >= 0.3 is 0 Å². The van der Waals surface area contributed by atoms with Gasteiger partial charge in [0.2, 0.25) is 0 Å². The molecule has 0 radical (unpaired) electrons. The lowest BCUT2D eigenvalue weighted by Crippen LogP contribution is -2.35. The van der Waals surface area contributed by atoms with Gasteiger partial charge in [0.25, 0.3) is 5.91 Å². The van der Waals surface area contributed by atoms with Crippen LogP contribution in [0.15, 0.2) is 48.5 Å². The number of carbonyl (C=O) groups is 3. The Morgan fingerprint density at radius 3 is 2.55 bits per heavy atom. The first kappa shape index (κ1) is 20.6. The Morgan fingerprint density at radius 1 is 1.10 bits per heavy atom. The number of Topliss-reactive ketones (excluding diaryl/α,β-unsaturated/α-hetero) is 2. The van der Waals surface area contributed by atoms with Crippen molar-refractivity contribution < 1.29 is 29.7 Å². The van der Waals surface area contributed by atoms with Crippen LogP contribution in [0.3, 0.4) is 0 Å². The third-order valence-corrected chi connectivity index (χ3v) is 5.37. The predicted molar refractivity (Wildman–Crippen MR) is 111 cm³/mol. The predicted octanol–water partition coefficient (Wildman–Crippen LogP) is 1.53. The van der Waals surface area contributed by atoms with Gasteiger partial charge in [-0.05, 0) is 30.3 Å². The van der Waals surface area contributed by atoms with E-state index in [0.717, 1.165) is 0 Å². The average Bonchev–Trinajstić information content (AvgIpc) is 3.02. The van der Waals surface area contributed by atoms with Gasteiger partial charge in [-0.25, -0.2) is 4.98 Å². The molecular weight excluding hydrogens is 400 g/mol. The van der Waals surface area contributed by atoms with E-state index in [1.54, 1.807) is 24.3 Å². The summed E-state index contributed by atoms with van der Waals surface area (Å²) in [7, 11) is 1.46. The molecule has 0 aliphatic heterocycles. The number of hydrogen-bond donors (Lipinski definition) is 3. The van der Waals surface area contributed by atoms with Gasteiger partial charge in [0.1, 0.15) is 17.4 Å². The smallest absolute Gasteiger partial charge is 0.253 e. The second-order valence-electron chi connectivity index (χ2n) is 7.53. The molecule has 158 valence electrons. The third-order valence-electron chi connectivity index (χ3n) is 5.37. The van der Waals surface area contributed by atoms with Crippen LogP contribution in [0.25, 0.3) is 10.9 Å². The highest BCUT2D eigenvalue weighted by Gasteiger charge is 2.42. The van der Waals surface area contributed by atoms with Crippen LogP contribution < -0.4 is 0 Å². The molecule has 3 N–H and O–H groups in total. The van der Waals surface area contributed by atoms with Gasteiger partial charge < -0.3 is 20.2 Å². The van der Waals surface area contributed by atoms with Crippen molar-refractivity contribution in [3.05, 3.63) is 70.9 Å². The fraction of sp³-hybridized carbons (Fsp3) is 0.217. The van der Waals surface area contributed by atoms with Gasteiger partial charge in [0.05, 0.1) is 18.2 Å². The minimum atomic E-state index is -1.28. The van der Waals surface area contributed by atoms with Gasteiger partial charge in [-0.15, -0.1) is 0 Å². The molecule has 2 atom stereocenters. The summed E-state index contributed by atoms with van der Waals surface area (Å²) >= 11 is 0. The fourth-order valence-electron chi connectivity index (χ4n) is 3.78. The summed E-state index contributed by atoms with van der Waals surface area (Å²) in [5, 5.41) is 29.6. The van der Waals surface area contributed by atoms with Crippen LogP contribution in [0.5, 0.6) is 5.75 Å². The van der Waals surface area contributed by atoms with Crippen LogP contribution >= 0.6 is 0 Å². The maximum absolute atomic E-state index is 13.1. The monoisotopic (exact) mass is 420 g/mol. The lowest BCUT2D eigenvalue weighted by Gasteiger charge is -2.20. The number of aromatic hydroxyl groups is 1. The lowest BCUT2D eigenvalue weighted by atomic mass is 9.97. The summed E-state index contributed by atoms with van der Waals surface area (Å²) < 4.78 is 0. The molecule has 0 saturated heterocycles. The van der Waals surface area contributed by atoms with E-state index in [-0.39, 0.29) is 34.7 Å². The number of amides is 1. The number of aromatic nitrogens is 1. The normalized spacial score (nSPS) is 16.4. The molecule has 0 fully saturated rings. The van der Waals surface area contributed by atoms with Crippen LogP contribution in [-0.4, -0.2) is 69.0 Å². The quantitative estimate of drug-likeness (QED) is 0.534. The largest absolute Gasteiger partial charge is 0.506 e. The summed E-state index contributed by atoms with van der Waals surface area (Å²) in [6.45, 7) is -0.574. The highest BCUT2D eigenvalue weighted by molar-refractivity contribution is 6.30. The highest BCUT2D eigenvalue weighted by Crippen LogP contribution is 2.38. The number of carbonyl (C=O) groups excluding carboxylic acids is 3. The van der Waals surface area contributed by atoms with E-state index in [9.17, 15) is 24.6 Å². The molecule has 0 spiro atoms. The Balaban J connectivity index is 1.69. The Bertz CT molecular complexity index is 1220. The van der Waals surface area contributed by atoms with Gasteiger partial charge in [-0.3, -0.25) is 14.4 Å². The maximum atomic E-state index is 13.1. The lowest BCUT2D eigenvalue weighted by molar-refractivity contribution is 0.0520. The first-order valence-electron chi connectivity index (χ1n) is 9.67. The number of fused-ring (bicyclic) bond motifs is 2. The van der Waals surface area contributed by atoms with E-state index >= 15 is 0 Å². The molecule has 1 aliphatic rings. The first-order chi connectivity index (χ1) is 14.8. The second-order valence-corrected chi connectivity index (χ2v) is 7.53. The fourth-order valence-corrected chi connectivity index (χ4v) is 3.78. The van der Waals surface area contributed by atoms with Crippen molar-refractivity contribution >= 4 is 28.4 Å². The number of ketones is 2. The summed E-state index contributed by atoms with van der Waals surface area (Å²) in [5.74, 6) is -3.01. The molecule has 1 heterocycles. The number of para-hydroxylation sites is 1. The molecule has 8 heteroatoms. The topological polar surface area (TPSA) is 128 Å².